The Kier molecular flexibility index (Phi) is 2.87. The first-order valence-corrected chi connectivity index (χ1v) is 5.98. The van der Waals surface area contributed by atoms with Crippen LogP contribution >= 0.6 is 23.2 Å². The lowest BCUT2D eigenvalue weighted by atomic mass is 9.94. The van der Waals surface area contributed by atoms with E-state index in [1.165, 1.54) is 5.56 Å². The van der Waals surface area contributed by atoms with Crippen molar-refractivity contribution in [1.82, 2.24) is 0 Å². The molecule has 3 heteroatoms. The van der Waals surface area contributed by atoms with Gasteiger partial charge in [0.25, 0.3) is 0 Å². The van der Waals surface area contributed by atoms with E-state index in [0.717, 1.165) is 18.5 Å². The van der Waals surface area contributed by atoms with Gasteiger partial charge >= 0.3 is 0 Å². The van der Waals surface area contributed by atoms with E-state index in [4.69, 9.17) is 28.9 Å². The molecule has 2 rings (SSSR count). The Labute approximate surface area is 101 Å². The van der Waals surface area contributed by atoms with Gasteiger partial charge in [-0.3, -0.25) is 0 Å². The maximum absolute atomic E-state index is 6.01. The van der Waals surface area contributed by atoms with E-state index < -0.39 is 4.33 Å². The normalized spacial score (nSPS) is 24.9. The lowest BCUT2D eigenvalue weighted by Gasteiger charge is -2.14. The van der Waals surface area contributed by atoms with Crippen LogP contribution in [0, 0.1) is 5.92 Å². The van der Waals surface area contributed by atoms with Gasteiger partial charge in [-0.25, -0.2) is 0 Å². The van der Waals surface area contributed by atoms with Gasteiger partial charge in [-0.2, -0.15) is 0 Å². The molecule has 15 heavy (non-hydrogen) atoms. The summed E-state index contributed by atoms with van der Waals surface area (Å²) in [7, 11) is 0. The topological polar surface area (TPSA) is 26.0 Å². The Morgan fingerprint density at radius 1 is 1.47 bits per heavy atom. The fourth-order valence-electron chi connectivity index (χ4n) is 2.04. The van der Waals surface area contributed by atoms with Crippen LogP contribution in [0.3, 0.4) is 0 Å². The van der Waals surface area contributed by atoms with Crippen molar-refractivity contribution in [2.45, 2.75) is 30.0 Å². The van der Waals surface area contributed by atoms with Gasteiger partial charge < -0.3 is 5.73 Å². The van der Waals surface area contributed by atoms with E-state index in [9.17, 15) is 0 Å². The Balaban J connectivity index is 2.03. The molecule has 0 saturated heterocycles. The van der Waals surface area contributed by atoms with Crippen molar-refractivity contribution in [3.05, 3.63) is 29.8 Å². The average Bonchev–Trinajstić information content (AvgIpc) is 2.74. The van der Waals surface area contributed by atoms with E-state index in [0.29, 0.717) is 11.8 Å². The number of hydrogen-bond acceptors (Lipinski definition) is 1. The van der Waals surface area contributed by atoms with E-state index >= 15 is 0 Å². The number of alkyl halides is 2. The summed E-state index contributed by atoms with van der Waals surface area (Å²) in [6.07, 6.45) is 1.93. The number of hydrogen-bond donors (Lipinski definition) is 1. The summed E-state index contributed by atoms with van der Waals surface area (Å²) in [5.41, 5.74) is 7.98. The maximum Gasteiger partial charge on any atom is 0.121 e. The number of para-hydroxylation sites is 1. The molecule has 0 heterocycles. The minimum atomic E-state index is -0.474. The molecule has 0 radical (unpaired) electrons. The molecule has 0 spiro atoms. The standard InChI is InChI=1S/C12H15Cl2N/c1-8(6-9-7-12(9,13)14)10-4-2-3-5-11(10)15/h2-5,8-9H,6-7,15H2,1H3. The molecule has 2 unspecified atom stereocenters. The van der Waals surface area contributed by atoms with Crippen molar-refractivity contribution < 1.29 is 0 Å². The van der Waals surface area contributed by atoms with Crippen LogP contribution in [-0.4, -0.2) is 4.33 Å². The molecule has 0 bridgehead atoms. The molecule has 1 aliphatic rings. The first kappa shape index (κ1) is 11.1. The molecule has 0 aliphatic heterocycles. The number of anilines is 1. The molecule has 1 saturated carbocycles. The van der Waals surface area contributed by atoms with Crippen molar-refractivity contribution in [2.24, 2.45) is 5.92 Å². The van der Waals surface area contributed by atoms with E-state index in [1.807, 2.05) is 18.2 Å². The fourth-order valence-corrected chi connectivity index (χ4v) is 2.59. The average molecular weight is 244 g/mol. The minimum Gasteiger partial charge on any atom is -0.398 e. The van der Waals surface area contributed by atoms with Crippen molar-refractivity contribution in [3.63, 3.8) is 0 Å². The maximum atomic E-state index is 6.01. The summed E-state index contributed by atoms with van der Waals surface area (Å²) >= 11 is 12.0. The predicted molar refractivity (Wildman–Crippen MR) is 66.4 cm³/mol. The summed E-state index contributed by atoms with van der Waals surface area (Å²) in [4.78, 5) is 0. The van der Waals surface area contributed by atoms with E-state index in [1.54, 1.807) is 0 Å². The molecule has 2 N–H and O–H groups in total. The molecule has 1 nitrogen and oxygen atoms in total. The zero-order valence-electron chi connectivity index (χ0n) is 8.71. The molecule has 82 valence electrons. The molecule has 0 amide bonds. The highest BCUT2D eigenvalue weighted by molar-refractivity contribution is 6.50. The third-order valence-corrected chi connectivity index (χ3v) is 4.05. The van der Waals surface area contributed by atoms with Crippen LogP contribution in [0.25, 0.3) is 0 Å². The van der Waals surface area contributed by atoms with Crippen LogP contribution in [0.4, 0.5) is 5.69 Å². The highest BCUT2D eigenvalue weighted by atomic mass is 35.5. The van der Waals surface area contributed by atoms with Crippen LogP contribution in [0.2, 0.25) is 0 Å². The summed E-state index contributed by atoms with van der Waals surface area (Å²) in [6.45, 7) is 2.17. The van der Waals surface area contributed by atoms with Crippen LogP contribution < -0.4 is 5.73 Å². The van der Waals surface area contributed by atoms with Crippen LogP contribution in [0.1, 0.15) is 31.2 Å². The second kappa shape index (κ2) is 3.88. The second-order valence-electron chi connectivity index (χ2n) is 4.43. The van der Waals surface area contributed by atoms with Crippen molar-refractivity contribution in [3.8, 4) is 0 Å². The number of halogens is 2. The van der Waals surface area contributed by atoms with Crippen LogP contribution in [0.5, 0.6) is 0 Å². The minimum absolute atomic E-state index is 0.426. The fraction of sp³-hybridized carbons (Fsp3) is 0.500. The largest absolute Gasteiger partial charge is 0.398 e. The van der Waals surface area contributed by atoms with Gasteiger partial charge in [-0.1, -0.05) is 25.1 Å². The van der Waals surface area contributed by atoms with Crippen LogP contribution in [-0.2, 0) is 0 Å². The molecule has 2 atom stereocenters. The lowest BCUT2D eigenvalue weighted by molar-refractivity contribution is 0.616. The van der Waals surface area contributed by atoms with Gasteiger partial charge in [0.15, 0.2) is 0 Å². The smallest absolute Gasteiger partial charge is 0.121 e. The van der Waals surface area contributed by atoms with Gasteiger partial charge in [0.2, 0.25) is 0 Å². The second-order valence-corrected chi connectivity index (χ2v) is 5.97. The third kappa shape index (κ3) is 2.40. The molecular formula is C12H15Cl2N. The Morgan fingerprint density at radius 3 is 2.60 bits per heavy atom. The number of nitrogen functional groups attached to an aromatic ring is 1. The quantitative estimate of drug-likeness (QED) is 0.632. The Morgan fingerprint density at radius 2 is 2.07 bits per heavy atom. The number of rotatable bonds is 3. The van der Waals surface area contributed by atoms with Crippen molar-refractivity contribution in [1.29, 1.82) is 0 Å². The Bertz CT molecular complexity index is 362. The van der Waals surface area contributed by atoms with Gasteiger partial charge in [0, 0.05) is 5.69 Å². The first-order chi connectivity index (χ1) is 7.00. The molecule has 1 aromatic rings. The zero-order valence-corrected chi connectivity index (χ0v) is 10.2. The SMILES string of the molecule is CC(CC1CC1(Cl)Cl)c1ccccc1N. The summed E-state index contributed by atoms with van der Waals surface area (Å²) in [5, 5.41) is 0. The number of benzene rings is 1. The predicted octanol–water partition coefficient (Wildman–Crippen LogP) is 3.96. The molecule has 1 aliphatic carbocycles. The van der Waals surface area contributed by atoms with Crippen molar-refractivity contribution >= 4 is 28.9 Å². The molecule has 1 aromatic carbocycles. The first-order valence-electron chi connectivity index (χ1n) is 5.23. The van der Waals surface area contributed by atoms with Gasteiger partial charge in [-0.05, 0) is 36.3 Å². The van der Waals surface area contributed by atoms with Gasteiger partial charge in [0.1, 0.15) is 4.33 Å². The van der Waals surface area contributed by atoms with E-state index in [2.05, 4.69) is 13.0 Å². The Hall–Kier alpha value is -0.400. The molecular weight excluding hydrogens is 229 g/mol. The van der Waals surface area contributed by atoms with Gasteiger partial charge in [0.05, 0.1) is 0 Å². The van der Waals surface area contributed by atoms with E-state index in [-0.39, 0.29) is 0 Å². The molecule has 0 aromatic heterocycles. The molecule has 1 fully saturated rings. The summed E-state index contributed by atoms with van der Waals surface area (Å²) in [5.74, 6) is 0.853. The summed E-state index contributed by atoms with van der Waals surface area (Å²) < 4.78 is -0.474. The summed E-state index contributed by atoms with van der Waals surface area (Å²) in [6, 6.07) is 7.99. The number of nitrogens with two attached hydrogens (primary N) is 1. The monoisotopic (exact) mass is 243 g/mol. The highest BCUT2D eigenvalue weighted by Crippen LogP contribution is 2.56. The van der Waals surface area contributed by atoms with Crippen LogP contribution in [0.15, 0.2) is 24.3 Å². The van der Waals surface area contributed by atoms with Gasteiger partial charge in [-0.15, -0.1) is 23.2 Å². The lowest BCUT2D eigenvalue weighted by Crippen LogP contribution is -2.02. The highest BCUT2D eigenvalue weighted by Gasteiger charge is 2.51. The van der Waals surface area contributed by atoms with Crippen molar-refractivity contribution in [2.75, 3.05) is 5.73 Å². The third-order valence-electron chi connectivity index (χ3n) is 3.12. The zero-order chi connectivity index (χ0) is 11.1.